The molecule has 0 rings (SSSR count). The minimum Gasteiger partial charge on any atom is -0.221 e. The van der Waals surface area contributed by atoms with Gasteiger partial charge in [-0.2, -0.15) is 4.99 Å². The Kier molecular flexibility index (Phi) is 4.08. The lowest BCUT2D eigenvalue weighted by Gasteiger charge is -1.92. The van der Waals surface area contributed by atoms with E-state index in [1.165, 1.54) is 0 Å². The van der Waals surface area contributed by atoms with Gasteiger partial charge in [-0.1, -0.05) is 13.3 Å². The largest absolute Gasteiger partial charge is 0.237 e. The fraction of sp³-hybridized carbons (Fsp3) is 0.800. The van der Waals surface area contributed by atoms with Crippen molar-refractivity contribution in [3.05, 3.63) is 0 Å². The summed E-state index contributed by atoms with van der Waals surface area (Å²) in [6.45, 7) is 1.83. The Morgan fingerprint density at radius 1 is 1.88 bits per heavy atom. The van der Waals surface area contributed by atoms with Gasteiger partial charge < -0.3 is 0 Å². The van der Waals surface area contributed by atoms with Crippen molar-refractivity contribution in [1.29, 1.82) is 0 Å². The average molecular weight is 117 g/mol. The molecule has 0 aliphatic heterocycles. The zero-order chi connectivity index (χ0) is 6.41. The number of rotatable bonds is 3. The van der Waals surface area contributed by atoms with Gasteiger partial charge >= 0.3 is 0 Å². The summed E-state index contributed by atoms with van der Waals surface area (Å²) in [5, 5.41) is 0. The molecular formula is C5H8FNO. The summed E-state index contributed by atoms with van der Waals surface area (Å²) in [6.07, 6.45) is 0.832. The van der Waals surface area contributed by atoms with E-state index in [0.29, 0.717) is 12.8 Å². The van der Waals surface area contributed by atoms with Gasteiger partial charge in [0.15, 0.2) is 0 Å². The summed E-state index contributed by atoms with van der Waals surface area (Å²) in [6, 6.07) is 0. The van der Waals surface area contributed by atoms with Crippen LogP contribution in [-0.4, -0.2) is 12.4 Å². The van der Waals surface area contributed by atoms with Crippen molar-refractivity contribution >= 4 is 6.08 Å². The summed E-state index contributed by atoms with van der Waals surface area (Å²) in [5.74, 6) is 0. The highest BCUT2D eigenvalue weighted by molar-refractivity contribution is 5.33. The van der Waals surface area contributed by atoms with Gasteiger partial charge in [0.25, 0.3) is 0 Å². The maximum atomic E-state index is 12.0. The van der Waals surface area contributed by atoms with Crippen molar-refractivity contribution in [2.45, 2.75) is 26.1 Å². The van der Waals surface area contributed by atoms with E-state index in [9.17, 15) is 9.18 Å². The highest BCUT2D eigenvalue weighted by Gasteiger charge is 1.97. The molecule has 0 saturated carbocycles. The third kappa shape index (κ3) is 3.50. The third-order valence-corrected chi connectivity index (χ3v) is 0.720. The Labute approximate surface area is 47.4 Å². The second kappa shape index (κ2) is 4.47. The Hall–Kier alpha value is -0.690. The molecule has 0 N–H and O–H groups in total. The van der Waals surface area contributed by atoms with E-state index in [1.807, 2.05) is 6.92 Å². The van der Waals surface area contributed by atoms with Crippen LogP contribution >= 0.6 is 0 Å². The zero-order valence-electron chi connectivity index (χ0n) is 4.72. The maximum Gasteiger partial charge on any atom is 0.237 e. The number of alkyl halides is 1. The number of hydrogen-bond donors (Lipinski definition) is 0. The summed E-state index contributed by atoms with van der Waals surface area (Å²) in [5.41, 5.74) is 0. The van der Waals surface area contributed by atoms with Crippen molar-refractivity contribution < 1.29 is 9.18 Å². The molecule has 0 aromatic carbocycles. The predicted molar refractivity (Wildman–Crippen MR) is 27.9 cm³/mol. The van der Waals surface area contributed by atoms with Gasteiger partial charge in [-0.15, -0.1) is 0 Å². The van der Waals surface area contributed by atoms with Crippen LogP contribution in [0.15, 0.2) is 4.99 Å². The lowest BCUT2D eigenvalue weighted by molar-refractivity contribution is 0.323. The molecule has 0 spiro atoms. The lowest BCUT2D eigenvalue weighted by atomic mass is 10.3. The van der Waals surface area contributed by atoms with Crippen LogP contribution in [0.4, 0.5) is 4.39 Å². The Morgan fingerprint density at radius 2 is 2.50 bits per heavy atom. The van der Waals surface area contributed by atoms with Crippen LogP contribution in [0, 0.1) is 0 Å². The van der Waals surface area contributed by atoms with Crippen molar-refractivity contribution in [3.8, 4) is 0 Å². The van der Waals surface area contributed by atoms with Gasteiger partial charge in [0.05, 0.1) is 0 Å². The Balaban J connectivity index is 3.31. The molecule has 0 saturated heterocycles. The molecular weight excluding hydrogens is 109 g/mol. The number of aliphatic imine (C=N–C) groups is 1. The molecule has 0 aromatic rings. The first-order valence-corrected chi connectivity index (χ1v) is 2.52. The monoisotopic (exact) mass is 117 g/mol. The predicted octanol–water partition coefficient (Wildman–Crippen LogP) is 1.42. The van der Waals surface area contributed by atoms with E-state index < -0.39 is 6.30 Å². The van der Waals surface area contributed by atoms with E-state index >= 15 is 0 Å². The second-order valence-electron chi connectivity index (χ2n) is 1.44. The van der Waals surface area contributed by atoms with Gasteiger partial charge in [-0.25, -0.2) is 9.18 Å². The third-order valence-electron chi connectivity index (χ3n) is 0.720. The van der Waals surface area contributed by atoms with E-state index in [4.69, 9.17) is 0 Å². The molecule has 1 atom stereocenters. The van der Waals surface area contributed by atoms with Crippen LogP contribution in [0.1, 0.15) is 19.8 Å². The van der Waals surface area contributed by atoms with Crippen molar-refractivity contribution in [2.75, 3.05) is 0 Å². The summed E-state index contributed by atoms with van der Waals surface area (Å²) in [4.78, 5) is 12.2. The van der Waals surface area contributed by atoms with Crippen LogP contribution in [0.3, 0.4) is 0 Å². The smallest absolute Gasteiger partial charge is 0.221 e. The van der Waals surface area contributed by atoms with E-state index in [2.05, 4.69) is 4.99 Å². The lowest BCUT2D eigenvalue weighted by Crippen LogP contribution is -1.91. The van der Waals surface area contributed by atoms with Crippen molar-refractivity contribution in [2.24, 2.45) is 4.99 Å². The standard InChI is InChI=1S/C5H8FNO/c1-2-3-5(6)7-4-8/h5H,2-3H2,1H3. The maximum absolute atomic E-state index is 12.0. The Bertz CT molecular complexity index is 98.6. The molecule has 0 radical (unpaired) electrons. The fourth-order valence-corrected chi connectivity index (χ4v) is 0.360. The number of halogens is 1. The van der Waals surface area contributed by atoms with Crippen LogP contribution < -0.4 is 0 Å². The van der Waals surface area contributed by atoms with Crippen LogP contribution in [-0.2, 0) is 4.79 Å². The molecule has 2 nitrogen and oxygen atoms in total. The van der Waals surface area contributed by atoms with E-state index in [1.54, 1.807) is 0 Å². The summed E-state index contributed by atoms with van der Waals surface area (Å²) < 4.78 is 12.0. The second-order valence-corrected chi connectivity index (χ2v) is 1.44. The van der Waals surface area contributed by atoms with Crippen molar-refractivity contribution in [3.63, 3.8) is 0 Å². The molecule has 0 amide bonds. The molecule has 0 aliphatic carbocycles. The molecule has 8 heavy (non-hydrogen) atoms. The topological polar surface area (TPSA) is 29.4 Å². The number of isocyanates is 1. The highest BCUT2D eigenvalue weighted by Crippen LogP contribution is 2.00. The highest BCUT2D eigenvalue weighted by atomic mass is 19.1. The number of hydrogen-bond acceptors (Lipinski definition) is 2. The molecule has 0 aromatic heterocycles. The normalized spacial score (nSPS) is 12.2. The Morgan fingerprint density at radius 3 is 2.88 bits per heavy atom. The molecule has 0 heterocycles. The molecule has 0 bridgehead atoms. The average Bonchev–Trinajstić information content (AvgIpc) is 1.68. The van der Waals surface area contributed by atoms with Crippen LogP contribution in [0.25, 0.3) is 0 Å². The molecule has 3 heteroatoms. The fourth-order valence-electron chi connectivity index (χ4n) is 0.360. The number of nitrogens with zero attached hydrogens (tertiary/aromatic N) is 1. The SMILES string of the molecule is CCCC(F)N=C=O. The van der Waals surface area contributed by atoms with Gasteiger partial charge in [-0.3, -0.25) is 0 Å². The minimum atomic E-state index is -1.34. The van der Waals surface area contributed by atoms with Gasteiger partial charge in [0, 0.05) is 0 Å². The van der Waals surface area contributed by atoms with Crippen LogP contribution in [0.5, 0.6) is 0 Å². The van der Waals surface area contributed by atoms with Crippen molar-refractivity contribution in [1.82, 2.24) is 0 Å². The first-order chi connectivity index (χ1) is 3.81. The summed E-state index contributed by atoms with van der Waals surface area (Å²) in [7, 11) is 0. The van der Waals surface area contributed by atoms with Gasteiger partial charge in [0.1, 0.15) is 0 Å². The minimum absolute atomic E-state index is 0.315. The van der Waals surface area contributed by atoms with Gasteiger partial charge in [-0.05, 0) is 6.42 Å². The molecule has 1 unspecified atom stereocenters. The van der Waals surface area contributed by atoms with Gasteiger partial charge in [0.2, 0.25) is 12.4 Å². The first-order valence-electron chi connectivity index (χ1n) is 2.52. The number of carbonyl (C=O) groups excluding carboxylic acids is 1. The van der Waals surface area contributed by atoms with Crippen LogP contribution in [0.2, 0.25) is 0 Å². The van der Waals surface area contributed by atoms with E-state index in [0.717, 1.165) is 6.08 Å². The van der Waals surface area contributed by atoms with E-state index in [-0.39, 0.29) is 0 Å². The molecule has 0 fully saturated rings. The first kappa shape index (κ1) is 7.31. The summed E-state index contributed by atoms with van der Waals surface area (Å²) >= 11 is 0. The molecule has 46 valence electrons. The quantitative estimate of drug-likeness (QED) is 0.312. The molecule has 0 aliphatic rings. The zero-order valence-corrected chi connectivity index (χ0v) is 4.72.